The molecule has 2 heterocycles. The van der Waals surface area contributed by atoms with Crippen molar-refractivity contribution in [2.24, 2.45) is 17.1 Å². The maximum Gasteiger partial charge on any atom is 0.221 e. The monoisotopic (exact) mass is 318 g/mol. The lowest BCUT2D eigenvalue weighted by atomic mass is 9.81. The van der Waals surface area contributed by atoms with E-state index < -0.39 is 0 Å². The van der Waals surface area contributed by atoms with Gasteiger partial charge >= 0.3 is 0 Å². The fourth-order valence-corrected chi connectivity index (χ4v) is 3.78. The standard InChI is InChI=1S/C13H23BrN2O2/c14-9-13(3-6-18-7-4-13)10-16-5-1-2-11(8-16)12(15)17/h11H,1-10H2,(H2,15,17). The Morgan fingerprint density at radius 2 is 2.17 bits per heavy atom. The molecule has 0 aromatic carbocycles. The van der Waals surface area contributed by atoms with Crippen LogP contribution in [0.4, 0.5) is 0 Å². The van der Waals surface area contributed by atoms with Crippen molar-refractivity contribution in [2.75, 3.05) is 38.2 Å². The number of amides is 1. The van der Waals surface area contributed by atoms with Gasteiger partial charge in [0, 0.05) is 31.6 Å². The third kappa shape index (κ3) is 3.45. The van der Waals surface area contributed by atoms with E-state index in [-0.39, 0.29) is 11.8 Å². The van der Waals surface area contributed by atoms with Gasteiger partial charge in [-0.1, -0.05) is 15.9 Å². The van der Waals surface area contributed by atoms with Gasteiger partial charge in [-0.15, -0.1) is 0 Å². The molecule has 5 heteroatoms. The Kier molecular flexibility index (Phi) is 5.04. The van der Waals surface area contributed by atoms with Gasteiger partial charge in [0.05, 0.1) is 5.92 Å². The number of nitrogens with zero attached hydrogens (tertiary/aromatic N) is 1. The molecular weight excluding hydrogens is 296 g/mol. The van der Waals surface area contributed by atoms with Gasteiger partial charge in [0.25, 0.3) is 0 Å². The van der Waals surface area contributed by atoms with Crippen molar-refractivity contribution in [2.45, 2.75) is 25.7 Å². The first-order valence-electron chi connectivity index (χ1n) is 6.81. The Hall–Kier alpha value is -0.130. The van der Waals surface area contributed by atoms with Gasteiger partial charge in [0.15, 0.2) is 0 Å². The molecule has 1 atom stereocenters. The molecule has 0 radical (unpaired) electrons. The first kappa shape index (κ1) is 14.3. The molecule has 1 amide bonds. The summed E-state index contributed by atoms with van der Waals surface area (Å²) in [6.45, 7) is 4.72. The van der Waals surface area contributed by atoms with Crippen LogP contribution in [0.25, 0.3) is 0 Å². The second kappa shape index (κ2) is 6.35. The fourth-order valence-electron chi connectivity index (χ4n) is 3.04. The minimum absolute atomic E-state index is 0.0472. The average Bonchev–Trinajstić information content (AvgIpc) is 2.40. The highest BCUT2D eigenvalue weighted by atomic mass is 79.9. The predicted octanol–water partition coefficient (Wildman–Crippen LogP) is 1.38. The van der Waals surface area contributed by atoms with Crippen LogP contribution in [0.15, 0.2) is 0 Å². The summed E-state index contributed by atoms with van der Waals surface area (Å²) in [4.78, 5) is 13.7. The van der Waals surface area contributed by atoms with E-state index in [0.717, 1.165) is 63.9 Å². The number of alkyl halides is 1. The molecule has 4 nitrogen and oxygen atoms in total. The topological polar surface area (TPSA) is 55.6 Å². The van der Waals surface area contributed by atoms with Crippen LogP contribution in [0.5, 0.6) is 0 Å². The quantitative estimate of drug-likeness (QED) is 0.797. The van der Waals surface area contributed by atoms with Crippen LogP contribution >= 0.6 is 15.9 Å². The van der Waals surface area contributed by atoms with Crippen LogP contribution in [-0.2, 0) is 9.53 Å². The number of carbonyl (C=O) groups excluding carboxylic acids is 1. The van der Waals surface area contributed by atoms with Crippen molar-refractivity contribution >= 4 is 21.8 Å². The van der Waals surface area contributed by atoms with E-state index in [0.29, 0.717) is 5.41 Å². The van der Waals surface area contributed by atoms with E-state index in [1.54, 1.807) is 0 Å². The zero-order valence-electron chi connectivity index (χ0n) is 10.9. The second-order valence-corrected chi connectivity index (χ2v) is 6.28. The molecule has 18 heavy (non-hydrogen) atoms. The molecule has 1 unspecified atom stereocenters. The minimum Gasteiger partial charge on any atom is -0.381 e. The number of likely N-dealkylation sites (tertiary alicyclic amines) is 1. The molecular formula is C13H23BrN2O2. The number of piperidine rings is 1. The number of hydrogen-bond donors (Lipinski definition) is 1. The van der Waals surface area contributed by atoms with E-state index in [9.17, 15) is 4.79 Å². The van der Waals surface area contributed by atoms with Crippen LogP contribution in [0, 0.1) is 11.3 Å². The van der Waals surface area contributed by atoms with Crippen LogP contribution in [-0.4, -0.2) is 49.0 Å². The highest BCUT2D eigenvalue weighted by molar-refractivity contribution is 9.09. The number of carbonyl (C=O) groups is 1. The summed E-state index contributed by atoms with van der Waals surface area (Å²) in [5.41, 5.74) is 5.75. The lowest BCUT2D eigenvalue weighted by molar-refractivity contribution is -0.123. The molecule has 0 aromatic rings. The Labute approximate surface area is 117 Å². The maximum atomic E-state index is 11.3. The van der Waals surface area contributed by atoms with Gasteiger partial charge in [-0.2, -0.15) is 0 Å². The first-order chi connectivity index (χ1) is 8.65. The van der Waals surface area contributed by atoms with E-state index in [4.69, 9.17) is 10.5 Å². The number of ether oxygens (including phenoxy) is 1. The minimum atomic E-state index is -0.139. The zero-order valence-corrected chi connectivity index (χ0v) is 12.5. The van der Waals surface area contributed by atoms with Gasteiger partial charge in [0.1, 0.15) is 0 Å². The largest absolute Gasteiger partial charge is 0.381 e. The molecule has 104 valence electrons. The van der Waals surface area contributed by atoms with Gasteiger partial charge in [-0.05, 0) is 37.6 Å². The van der Waals surface area contributed by atoms with E-state index in [1.165, 1.54) is 0 Å². The molecule has 2 saturated heterocycles. The maximum absolute atomic E-state index is 11.3. The van der Waals surface area contributed by atoms with Gasteiger partial charge in [-0.25, -0.2) is 0 Å². The van der Waals surface area contributed by atoms with Crippen molar-refractivity contribution in [3.8, 4) is 0 Å². The van der Waals surface area contributed by atoms with Crippen molar-refractivity contribution < 1.29 is 9.53 Å². The van der Waals surface area contributed by atoms with Crippen molar-refractivity contribution in [3.63, 3.8) is 0 Å². The Balaban J connectivity index is 1.92. The Morgan fingerprint density at radius 1 is 1.44 bits per heavy atom. The molecule has 0 aromatic heterocycles. The number of halogens is 1. The molecule has 0 aliphatic carbocycles. The third-order valence-corrected chi connectivity index (χ3v) is 5.49. The van der Waals surface area contributed by atoms with Gasteiger partial charge in [-0.3, -0.25) is 4.79 Å². The number of rotatable bonds is 4. The van der Waals surface area contributed by atoms with Crippen molar-refractivity contribution in [3.05, 3.63) is 0 Å². The summed E-state index contributed by atoms with van der Waals surface area (Å²) in [7, 11) is 0. The normalized spacial score (nSPS) is 29.1. The molecule has 0 bridgehead atoms. The second-order valence-electron chi connectivity index (χ2n) is 5.72. The van der Waals surface area contributed by atoms with Crippen LogP contribution in [0.2, 0.25) is 0 Å². The highest BCUT2D eigenvalue weighted by Gasteiger charge is 2.35. The Bertz CT molecular complexity index is 293. The summed E-state index contributed by atoms with van der Waals surface area (Å²) in [5.74, 6) is -0.0921. The van der Waals surface area contributed by atoms with Crippen LogP contribution in [0.1, 0.15) is 25.7 Å². The molecule has 0 saturated carbocycles. The lowest BCUT2D eigenvalue weighted by Gasteiger charge is -2.42. The molecule has 0 spiro atoms. The fraction of sp³-hybridized carbons (Fsp3) is 0.923. The smallest absolute Gasteiger partial charge is 0.221 e. The molecule has 2 aliphatic rings. The lowest BCUT2D eigenvalue weighted by Crippen LogP contribution is -2.48. The SMILES string of the molecule is NC(=O)C1CCCN(CC2(CBr)CCOCC2)C1. The summed E-state index contributed by atoms with van der Waals surface area (Å²) >= 11 is 3.67. The predicted molar refractivity (Wildman–Crippen MR) is 74.6 cm³/mol. The Morgan fingerprint density at radius 3 is 2.78 bits per heavy atom. The average molecular weight is 319 g/mol. The number of nitrogens with two attached hydrogens (primary N) is 1. The molecule has 2 rings (SSSR count). The molecule has 2 N–H and O–H groups in total. The van der Waals surface area contributed by atoms with E-state index in [1.807, 2.05) is 0 Å². The molecule has 2 fully saturated rings. The van der Waals surface area contributed by atoms with Crippen LogP contribution in [0.3, 0.4) is 0 Å². The summed E-state index contributed by atoms with van der Waals surface area (Å²) in [6, 6.07) is 0. The van der Waals surface area contributed by atoms with Crippen molar-refractivity contribution in [1.82, 2.24) is 4.90 Å². The van der Waals surface area contributed by atoms with E-state index in [2.05, 4.69) is 20.8 Å². The van der Waals surface area contributed by atoms with E-state index >= 15 is 0 Å². The van der Waals surface area contributed by atoms with Gasteiger partial charge < -0.3 is 15.4 Å². The summed E-state index contributed by atoms with van der Waals surface area (Å²) in [6.07, 6.45) is 4.25. The number of hydrogen-bond acceptors (Lipinski definition) is 3. The highest BCUT2D eigenvalue weighted by Crippen LogP contribution is 2.34. The third-order valence-electron chi connectivity index (χ3n) is 4.30. The van der Waals surface area contributed by atoms with Gasteiger partial charge in [0.2, 0.25) is 5.91 Å². The zero-order chi connectivity index (χ0) is 13.0. The van der Waals surface area contributed by atoms with Crippen LogP contribution < -0.4 is 5.73 Å². The summed E-state index contributed by atoms with van der Waals surface area (Å²) < 4.78 is 5.46. The van der Waals surface area contributed by atoms with Crippen molar-refractivity contribution in [1.29, 1.82) is 0 Å². The number of primary amides is 1. The molecule has 2 aliphatic heterocycles. The summed E-state index contributed by atoms with van der Waals surface area (Å²) in [5, 5.41) is 1.01. The first-order valence-corrected chi connectivity index (χ1v) is 7.93.